The van der Waals surface area contributed by atoms with E-state index in [2.05, 4.69) is 0 Å². The number of rotatable bonds is 4. The van der Waals surface area contributed by atoms with Crippen molar-refractivity contribution in [1.29, 1.82) is 0 Å². The van der Waals surface area contributed by atoms with Gasteiger partial charge < -0.3 is 14.7 Å². The number of likely N-dealkylation sites (N-methyl/N-ethyl adjacent to an activating group) is 1. The Kier molecular flexibility index (Phi) is 4.69. The average molecular weight is 263 g/mol. The molecule has 102 valence electrons. The monoisotopic (exact) mass is 263 g/mol. The third-order valence-electron chi connectivity index (χ3n) is 2.74. The lowest BCUT2D eigenvalue weighted by molar-refractivity contribution is -0.131. The van der Waals surface area contributed by atoms with Crippen molar-refractivity contribution in [3.05, 3.63) is 35.4 Å². The summed E-state index contributed by atoms with van der Waals surface area (Å²) in [6, 6.07) is 3.64. The van der Waals surface area contributed by atoms with Gasteiger partial charge >= 0.3 is 5.97 Å². The number of ether oxygens (including phenoxy) is 1. The molecule has 0 saturated heterocycles. The Hall–Kier alpha value is -2.30. The number of carbonyl (C=O) groups is 2. The smallest absolute Gasteiger partial charge is 0.328 e. The maximum absolute atomic E-state index is 11.8. The fraction of sp³-hybridized carbons (Fsp3) is 0.286. The van der Waals surface area contributed by atoms with Crippen LogP contribution in [0.3, 0.4) is 0 Å². The molecule has 0 heterocycles. The lowest BCUT2D eigenvalue weighted by Gasteiger charge is -2.18. The Morgan fingerprint density at radius 2 is 1.74 bits per heavy atom. The lowest BCUT2D eigenvalue weighted by atomic mass is 10.1. The Balaban J connectivity index is 3.04. The second kappa shape index (κ2) is 6.04. The third-order valence-corrected chi connectivity index (χ3v) is 2.74. The van der Waals surface area contributed by atoms with Crippen molar-refractivity contribution in [2.45, 2.75) is 13.8 Å². The Labute approximate surface area is 112 Å². The molecule has 5 nitrogen and oxygen atoms in total. The number of carbonyl (C=O) groups excluding carboxylic acids is 1. The minimum Gasteiger partial charge on any atom is -0.496 e. The van der Waals surface area contributed by atoms with Crippen LogP contribution in [0.5, 0.6) is 5.75 Å². The minimum atomic E-state index is -1.15. The van der Waals surface area contributed by atoms with Gasteiger partial charge in [0.1, 0.15) is 5.75 Å². The van der Waals surface area contributed by atoms with E-state index in [-0.39, 0.29) is 0 Å². The van der Waals surface area contributed by atoms with Crippen LogP contribution >= 0.6 is 0 Å². The van der Waals surface area contributed by atoms with E-state index in [1.807, 2.05) is 26.0 Å². The fourth-order valence-corrected chi connectivity index (χ4v) is 1.82. The molecule has 1 amide bonds. The van der Waals surface area contributed by atoms with Crippen LogP contribution in [0.2, 0.25) is 0 Å². The molecule has 5 heteroatoms. The summed E-state index contributed by atoms with van der Waals surface area (Å²) in [5, 5.41) is 8.50. The molecule has 0 aromatic heterocycles. The van der Waals surface area contributed by atoms with Gasteiger partial charge in [0.25, 0.3) is 5.91 Å². The maximum Gasteiger partial charge on any atom is 0.328 e. The van der Waals surface area contributed by atoms with Gasteiger partial charge in [0.05, 0.1) is 7.11 Å². The highest BCUT2D eigenvalue weighted by atomic mass is 16.5. The van der Waals surface area contributed by atoms with Crippen LogP contribution in [-0.2, 0) is 9.59 Å². The average Bonchev–Trinajstić information content (AvgIpc) is 2.34. The minimum absolute atomic E-state index is 0.397. The molecule has 1 aromatic rings. The number of amides is 1. The first kappa shape index (κ1) is 14.8. The molecule has 0 spiro atoms. The second-order valence-electron chi connectivity index (χ2n) is 4.18. The molecule has 0 bridgehead atoms. The summed E-state index contributed by atoms with van der Waals surface area (Å²) in [5.74, 6) is -0.763. The van der Waals surface area contributed by atoms with Crippen molar-refractivity contribution < 1.29 is 19.4 Å². The van der Waals surface area contributed by atoms with Gasteiger partial charge in [0.15, 0.2) is 0 Å². The van der Waals surface area contributed by atoms with Gasteiger partial charge in [-0.1, -0.05) is 0 Å². The van der Waals surface area contributed by atoms with E-state index in [1.165, 1.54) is 4.90 Å². The van der Waals surface area contributed by atoms with Gasteiger partial charge in [-0.05, 0) is 37.1 Å². The number of carboxylic acids is 1. The summed E-state index contributed by atoms with van der Waals surface area (Å²) in [6.45, 7) is 3.78. The quantitative estimate of drug-likeness (QED) is 0.843. The normalized spacial score (nSPS) is 10.5. The molecule has 0 saturated carbocycles. The number of anilines is 1. The molecular formula is C14H17NO4. The molecule has 0 atom stereocenters. The number of methoxy groups -OCH3 is 1. The number of aryl methyl sites for hydroxylation is 2. The third kappa shape index (κ3) is 3.58. The van der Waals surface area contributed by atoms with Crippen LogP contribution in [0.4, 0.5) is 5.69 Å². The van der Waals surface area contributed by atoms with Gasteiger partial charge in [-0.3, -0.25) is 4.79 Å². The van der Waals surface area contributed by atoms with Crippen molar-refractivity contribution in [1.82, 2.24) is 0 Å². The predicted molar refractivity (Wildman–Crippen MR) is 72.7 cm³/mol. The topological polar surface area (TPSA) is 66.8 Å². The van der Waals surface area contributed by atoms with Crippen molar-refractivity contribution in [2.24, 2.45) is 0 Å². The van der Waals surface area contributed by atoms with Gasteiger partial charge in [-0.15, -0.1) is 0 Å². The van der Waals surface area contributed by atoms with E-state index < -0.39 is 11.9 Å². The van der Waals surface area contributed by atoms with Crippen molar-refractivity contribution >= 4 is 17.6 Å². The summed E-state index contributed by atoms with van der Waals surface area (Å²) in [5.41, 5.74) is 2.52. The van der Waals surface area contributed by atoms with E-state index in [0.29, 0.717) is 5.69 Å². The van der Waals surface area contributed by atoms with Crippen LogP contribution in [0, 0.1) is 13.8 Å². The van der Waals surface area contributed by atoms with Gasteiger partial charge in [0, 0.05) is 24.9 Å². The SMILES string of the molecule is COc1c(C)cc(N(C)C(=O)/C=C/C(=O)O)cc1C. The molecule has 1 rings (SSSR count). The van der Waals surface area contributed by atoms with E-state index >= 15 is 0 Å². The standard InChI is InChI=1S/C14H17NO4/c1-9-7-11(8-10(2)14(9)19-4)15(3)12(16)5-6-13(17)18/h5-8H,1-4H3,(H,17,18)/b6-5+. The Bertz CT molecular complexity index is 511. The molecule has 0 fully saturated rings. The van der Waals surface area contributed by atoms with Crippen molar-refractivity contribution in [3.8, 4) is 5.75 Å². The summed E-state index contributed by atoms with van der Waals surface area (Å²) in [4.78, 5) is 23.5. The van der Waals surface area contributed by atoms with E-state index in [1.54, 1.807) is 14.2 Å². The van der Waals surface area contributed by atoms with Crippen molar-refractivity contribution in [2.75, 3.05) is 19.1 Å². The lowest BCUT2D eigenvalue weighted by Crippen LogP contribution is -2.24. The predicted octanol–water partition coefficient (Wildman–Crippen LogP) is 1.92. The van der Waals surface area contributed by atoms with Gasteiger partial charge in [-0.25, -0.2) is 4.79 Å². The number of aliphatic carboxylic acids is 1. The summed E-state index contributed by atoms with van der Waals surface area (Å²) in [7, 11) is 3.19. The zero-order valence-electron chi connectivity index (χ0n) is 11.4. The molecule has 1 aromatic carbocycles. The fourth-order valence-electron chi connectivity index (χ4n) is 1.82. The molecule has 19 heavy (non-hydrogen) atoms. The number of hydrogen-bond acceptors (Lipinski definition) is 3. The first-order valence-corrected chi connectivity index (χ1v) is 5.70. The van der Waals surface area contributed by atoms with Gasteiger partial charge in [0.2, 0.25) is 0 Å². The van der Waals surface area contributed by atoms with E-state index in [4.69, 9.17) is 9.84 Å². The molecule has 1 N–H and O–H groups in total. The van der Waals surface area contributed by atoms with Crippen LogP contribution in [0.15, 0.2) is 24.3 Å². The zero-order chi connectivity index (χ0) is 14.6. The number of nitrogens with zero attached hydrogens (tertiary/aromatic N) is 1. The largest absolute Gasteiger partial charge is 0.496 e. The van der Waals surface area contributed by atoms with Crippen LogP contribution in [0.1, 0.15) is 11.1 Å². The van der Waals surface area contributed by atoms with Gasteiger partial charge in [-0.2, -0.15) is 0 Å². The molecular weight excluding hydrogens is 246 g/mol. The Morgan fingerprint density at radius 3 is 2.16 bits per heavy atom. The molecule has 0 aliphatic carbocycles. The molecule has 0 unspecified atom stereocenters. The molecule has 0 aliphatic rings. The van der Waals surface area contributed by atoms with Crippen molar-refractivity contribution in [3.63, 3.8) is 0 Å². The highest BCUT2D eigenvalue weighted by molar-refractivity contribution is 6.03. The first-order chi connectivity index (χ1) is 8.86. The molecule has 0 radical (unpaired) electrons. The number of benzene rings is 1. The summed E-state index contributed by atoms with van der Waals surface area (Å²) < 4.78 is 5.25. The van der Waals surface area contributed by atoms with Crippen LogP contribution < -0.4 is 9.64 Å². The zero-order valence-corrected chi connectivity index (χ0v) is 11.4. The molecule has 0 aliphatic heterocycles. The number of hydrogen-bond donors (Lipinski definition) is 1. The maximum atomic E-state index is 11.8. The van der Waals surface area contributed by atoms with E-state index in [0.717, 1.165) is 29.0 Å². The van der Waals surface area contributed by atoms with E-state index in [9.17, 15) is 9.59 Å². The highest BCUT2D eigenvalue weighted by Gasteiger charge is 2.12. The summed E-state index contributed by atoms with van der Waals surface area (Å²) in [6.07, 6.45) is 1.85. The first-order valence-electron chi connectivity index (χ1n) is 5.70. The highest BCUT2D eigenvalue weighted by Crippen LogP contribution is 2.28. The summed E-state index contributed by atoms with van der Waals surface area (Å²) >= 11 is 0. The van der Waals surface area contributed by atoms with Crippen LogP contribution in [-0.4, -0.2) is 31.1 Å². The number of carboxylic acid groups (broad SMARTS) is 1. The van der Waals surface area contributed by atoms with Crippen LogP contribution in [0.25, 0.3) is 0 Å². The second-order valence-corrected chi connectivity index (χ2v) is 4.18. The Morgan fingerprint density at radius 1 is 1.21 bits per heavy atom.